The van der Waals surface area contributed by atoms with Gasteiger partial charge in [0.15, 0.2) is 5.78 Å². The van der Waals surface area contributed by atoms with Crippen LogP contribution in [-0.4, -0.2) is 22.7 Å². The molecule has 1 unspecified atom stereocenters. The number of halogens is 2. The van der Waals surface area contributed by atoms with E-state index < -0.39 is 3.23 Å². The van der Waals surface area contributed by atoms with Crippen molar-refractivity contribution in [2.75, 3.05) is 13.7 Å². The summed E-state index contributed by atoms with van der Waals surface area (Å²) in [6, 6.07) is 3.69. The van der Waals surface area contributed by atoms with Gasteiger partial charge in [0, 0.05) is 11.5 Å². The molecule has 1 aliphatic heterocycles. The van der Waals surface area contributed by atoms with Crippen molar-refractivity contribution in [1.82, 2.24) is 0 Å². The van der Waals surface area contributed by atoms with Crippen LogP contribution in [0.5, 0.6) is 11.5 Å². The molecule has 1 aromatic carbocycles. The Morgan fingerprint density at radius 3 is 2.94 bits per heavy atom. The maximum atomic E-state index is 12.6. The highest BCUT2D eigenvalue weighted by Gasteiger charge is 2.44. The van der Waals surface area contributed by atoms with Crippen LogP contribution in [0.2, 0.25) is 0 Å². The van der Waals surface area contributed by atoms with Gasteiger partial charge in [0.25, 0.3) is 0 Å². The minimum absolute atomic E-state index is 0.0178. The van der Waals surface area contributed by atoms with Gasteiger partial charge in [0.2, 0.25) is 0 Å². The Labute approximate surface area is 122 Å². The fourth-order valence-electron chi connectivity index (χ4n) is 2.67. The molecule has 96 valence electrons. The molecular weight excluding hydrogens is 364 g/mol. The molecule has 1 atom stereocenters. The van der Waals surface area contributed by atoms with E-state index in [-0.39, 0.29) is 11.7 Å². The van der Waals surface area contributed by atoms with Crippen LogP contribution < -0.4 is 9.47 Å². The van der Waals surface area contributed by atoms with Crippen molar-refractivity contribution < 1.29 is 14.3 Å². The molecule has 0 bridgehead atoms. The molecule has 5 heteroatoms. The van der Waals surface area contributed by atoms with Crippen molar-refractivity contribution in [3.63, 3.8) is 0 Å². The molecule has 0 saturated heterocycles. The van der Waals surface area contributed by atoms with Gasteiger partial charge in [-0.15, -0.1) is 0 Å². The van der Waals surface area contributed by atoms with Crippen molar-refractivity contribution in [3.05, 3.63) is 23.3 Å². The average Bonchev–Trinajstić information content (AvgIpc) is 2.73. The summed E-state index contributed by atoms with van der Waals surface area (Å²) in [5.74, 6) is 1.75. The molecule has 1 aromatic rings. The molecule has 2 aliphatic rings. The second-order valence-electron chi connectivity index (χ2n) is 4.63. The number of benzene rings is 1. The summed E-state index contributed by atoms with van der Waals surface area (Å²) in [5.41, 5.74) is 1.67. The van der Waals surface area contributed by atoms with Crippen LogP contribution in [0.4, 0.5) is 0 Å². The summed E-state index contributed by atoms with van der Waals surface area (Å²) in [6.07, 6.45) is 1.65. The van der Waals surface area contributed by atoms with Gasteiger partial charge < -0.3 is 9.47 Å². The van der Waals surface area contributed by atoms with Crippen molar-refractivity contribution in [3.8, 4) is 11.5 Å². The van der Waals surface area contributed by atoms with E-state index in [0.29, 0.717) is 17.9 Å². The topological polar surface area (TPSA) is 35.5 Å². The molecule has 3 rings (SSSR count). The van der Waals surface area contributed by atoms with E-state index >= 15 is 0 Å². The molecule has 0 amide bonds. The normalized spacial score (nSPS) is 24.2. The van der Waals surface area contributed by atoms with Gasteiger partial charge in [-0.25, -0.2) is 0 Å². The predicted octanol–water partition coefficient (Wildman–Crippen LogP) is 3.63. The second kappa shape index (κ2) is 4.23. The Kier molecular flexibility index (Phi) is 2.94. The molecule has 1 aliphatic carbocycles. The molecule has 18 heavy (non-hydrogen) atoms. The first-order valence-electron chi connectivity index (χ1n) is 5.81. The van der Waals surface area contributed by atoms with Gasteiger partial charge in [-0.05, 0) is 25.0 Å². The minimum atomic E-state index is -0.688. The highest BCUT2D eigenvalue weighted by atomic mass is 79.9. The SMILES string of the molecule is COc1ccc2c3c1C(=O)C(Br)(Br)CCC3CO2. The summed E-state index contributed by atoms with van der Waals surface area (Å²) < 4.78 is 10.3. The van der Waals surface area contributed by atoms with Crippen molar-refractivity contribution in [2.24, 2.45) is 0 Å². The van der Waals surface area contributed by atoms with Crippen LogP contribution in [0.15, 0.2) is 12.1 Å². The first kappa shape index (κ1) is 12.5. The third-order valence-electron chi connectivity index (χ3n) is 3.60. The summed E-state index contributed by atoms with van der Waals surface area (Å²) in [5, 5.41) is 0. The summed E-state index contributed by atoms with van der Waals surface area (Å²) in [6.45, 7) is 0.652. The smallest absolute Gasteiger partial charge is 0.194 e. The number of hydrogen-bond acceptors (Lipinski definition) is 3. The molecule has 3 nitrogen and oxygen atoms in total. The van der Waals surface area contributed by atoms with E-state index in [1.54, 1.807) is 13.2 Å². The van der Waals surface area contributed by atoms with E-state index in [1.165, 1.54) is 0 Å². The zero-order valence-electron chi connectivity index (χ0n) is 9.83. The van der Waals surface area contributed by atoms with Crippen molar-refractivity contribution >= 4 is 37.6 Å². The van der Waals surface area contributed by atoms with Gasteiger partial charge in [0.05, 0.1) is 19.3 Å². The lowest BCUT2D eigenvalue weighted by atomic mass is 9.93. The predicted molar refractivity (Wildman–Crippen MR) is 75.4 cm³/mol. The van der Waals surface area contributed by atoms with E-state index in [9.17, 15) is 4.79 Å². The highest BCUT2D eigenvalue weighted by Crippen LogP contribution is 2.50. The second-order valence-corrected chi connectivity index (χ2v) is 8.41. The molecular formula is C13H12Br2O3. The lowest BCUT2D eigenvalue weighted by molar-refractivity contribution is 0.0978. The Morgan fingerprint density at radius 2 is 2.22 bits per heavy atom. The van der Waals surface area contributed by atoms with Crippen molar-refractivity contribution in [1.29, 1.82) is 0 Å². The summed E-state index contributed by atoms with van der Waals surface area (Å²) >= 11 is 6.98. The van der Waals surface area contributed by atoms with E-state index in [1.807, 2.05) is 6.07 Å². The first-order chi connectivity index (χ1) is 8.54. The van der Waals surface area contributed by atoms with E-state index in [0.717, 1.165) is 24.2 Å². The first-order valence-corrected chi connectivity index (χ1v) is 7.39. The number of methoxy groups -OCH3 is 1. The number of Topliss-reactive ketones (excluding diaryl/α,β-unsaturated/α-hetero) is 1. The molecule has 0 fully saturated rings. The van der Waals surface area contributed by atoms with Crippen LogP contribution in [-0.2, 0) is 0 Å². The largest absolute Gasteiger partial charge is 0.496 e. The molecule has 0 spiro atoms. The van der Waals surface area contributed by atoms with Crippen LogP contribution in [0.25, 0.3) is 0 Å². The van der Waals surface area contributed by atoms with Gasteiger partial charge in [-0.1, -0.05) is 31.9 Å². The zero-order valence-corrected chi connectivity index (χ0v) is 13.0. The number of hydrogen-bond donors (Lipinski definition) is 0. The van der Waals surface area contributed by atoms with Gasteiger partial charge in [-0.2, -0.15) is 0 Å². The van der Waals surface area contributed by atoms with Gasteiger partial charge >= 0.3 is 0 Å². The third kappa shape index (κ3) is 1.71. The lowest BCUT2D eigenvalue weighted by Crippen LogP contribution is -2.24. The van der Waals surface area contributed by atoms with Crippen LogP contribution in [0.1, 0.15) is 34.7 Å². The standard InChI is InChI=1S/C13H12Br2O3/c1-17-8-2-3-9-10-7(6-18-9)4-5-13(14,15)12(16)11(8)10/h2-3,7H,4-6H2,1H3. The molecule has 0 radical (unpaired) electrons. The van der Waals surface area contributed by atoms with E-state index in [2.05, 4.69) is 31.9 Å². The molecule has 0 N–H and O–H groups in total. The lowest BCUT2D eigenvalue weighted by Gasteiger charge is -2.18. The van der Waals surface area contributed by atoms with Crippen LogP contribution in [0.3, 0.4) is 0 Å². The van der Waals surface area contributed by atoms with Crippen LogP contribution in [0, 0.1) is 0 Å². The zero-order chi connectivity index (χ0) is 12.9. The van der Waals surface area contributed by atoms with Crippen LogP contribution >= 0.6 is 31.9 Å². The van der Waals surface area contributed by atoms with Gasteiger partial charge in [0.1, 0.15) is 14.7 Å². The third-order valence-corrected chi connectivity index (χ3v) is 5.11. The summed E-state index contributed by atoms with van der Waals surface area (Å²) in [7, 11) is 1.59. The Bertz CT molecular complexity index is 525. The number of ketones is 1. The highest BCUT2D eigenvalue weighted by molar-refractivity contribution is 9.25. The Hall–Kier alpha value is -0.550. The summed E-state index contributed by atoms with van der Waals surface area (Å²) in [4.78, 5) is 12.6. The quantitative estimate of drug-likeness (QED) is 0.703. The number of rotatable bonds is 1. The molecule has 0 aromatic heterocycles. The van der Waals surface area contributed by atoms with E-state index in [4.69, 9.17) is 9.47 Å². The Balaban J connectivity index is 2.27. The minimum Gasteiger partial charge on any atom is -0.496 e. The average molecular weight is 376 g/mol. The molecule has 0 saturated carbocycles. The maximum absolute atomic E-state index is 12.6. The monoisotopic (exact) mass is 374 g/mol. The number of alkyl halides is 2. The number of ether oxygens (including phenoxy) is 2. The fraction of sp³-hybridized carbons (Fsp3) is 0.462. The number of carbonyl (C=O) groups excluding carboxylic acids is 1. The van der Waals surface area contributed by atoms with Crippen molar-refractivity contribution in [2.45, 2.75) is 22.0 Å². The van der Waals surface area contributed by atoms with Gasteiger partial charge in [-0.3, -0.25) is 4.79 Å². The fourth-order valence-corrected chi connectivity index (χ4v) is 3.52. The molecule has 1 heterocycles. The Morgan fingerprint density at radius 1 is 1.44 bits per heavy atom. The maximum Gasteiger partial charge on any atom is 0.194 e. The number of carbonyl (C=O) groups is 1.